The molecule has 250 valence electrons. The van der Waals surface area contributed by atoms with Gasteiger partial charge in [0.2, 0.25) is 0 Å². The first-order valence-electron chi connectivity index (χ1n) is 18.4. The first-order valence-corrected chi connectivity index (χ1v) is 19.2. The third-order valence-corrected chi connectivity index (χ3v) is 12.7. The summed E-state index contributed by atoms with van der Waals surface area (Å²) in [7, 11) is 0. The summed E-state index contributed by atoms with van der Waals surface area (Å²) in [4.78, 5) is 0. The number of para-hydroxylation sites is 3. The molecule has 0 bridgehead atoms. The molecule has 1 aliphatic carbocycles. The van der Waals surface area contributed by atoms with Gasteiger partial charge in [-0.3, -0.25) is 0 Å². The first-order chi connectivity index (χ1) is 26.2. The zero-order valence-corrected chi connectivity index (χ0v) is 29.8. The molecule has 0 radical (unpaired) electrons. The Morgan fingerprint density at radius 3 is 1.92 bits per heavy atom. The summed E-state index contributed by atoms with van der Waals surface area (Å²) in [5.41, 5.74) is 13.1. The molecule has 1 unspecified atom stereocenters. The van der Waals surface area contributed by atoms with Gasteiger partial charge in [0.05, 0.1) is 21.3 Å². The number of benzene rings is 7. The van der Waals surface area contributed by atoms with E-state index in [1.54, 1.807) is 0 Å². The molecule has 4 heteroatoms. The van der Waals surface area contributed by atoms with E-state index in [1.807, 2.05) is 11.3 Å². The highest BCUT2D eigenvalue weighted by Gasteiger charge is 2.26. The van der Waals surface area contributed by atoms with Crippen LogP contribution in [-0.2, 0) is 0 Å². The molecule has 0 spiro atoms. The number of hydrogen-bond donors (Lipinski definition) is 0. The fraction of sp³-hybridized carbons (Fsp3) is 0.0612. The van der Waals surface area contributed by atoms with Crippen LogP contribution in [0.2, 0.25) is 0 Å². The third-order valence-electron chi connectivity index (χ3n) is 11.6. The second kappa shape index (κ2) is 10.8. The largest absolute Gasteiger partial charge is 0.455 e. The summed E-state index contributed by atoms with van der Waals surface area (Å²) in [5.74, 6) is 0.508. The van der Waals surface area contributed by atoms with Gasteiger partial charge in [-0.25, -0.2) is 0 Å². The minimum Gasteiger partial charge on any atom is -0.455 e. The molecular weight excluding hydrogens is 665 g/mol. The third kappa shape index (κ3) is 3.99. The van der Waals surface area contributed by atoms with E-state index in [0.717, 1.165) is 28.7 Å². The molecule has 3 nitrogen and oxygen atoms in total. The highest BCUT2D eigenvalue weighted by molar-refractivity contribution is 7.27. The van der Waals surface area contributed by atoms with Crippen molar-refractivity contribution >= 4 is 92.2 Å². The highest BCUT2D eigenvalue weighted by Crippen LogP contribution is 2.50. The topological polar surface area (TPSA) is 23.0 Å². The molecule has 0 N–H and O–H groups in total. The van der Waals surface area contributed by atoms with Crippen molar-refractivity contribution in [3.63, 3.8) is 0 Å². The lowest BCUT2D eigenvalue weighted by Crippen LogP contribution is -2.02. The van der Waals surface area contributed by atoms with Crippen molar-refractivity contribution in [2.24, 2.45) is 0 Å². The van der Waals surface area contributed by atoms with E-state index in [9.17, 15) is 0 Å². The molecule has 0 aliphatic heterocycles. The van der Waals surface area contributed by atoms with E-state index in [4.69, 9.17) is 4.42 Å². The molecule has 4 heterocycles. The molecule has 53 heavy (non-hydrogen) atoms. The van der Waals surface area contributed by atoms with Crippen LogP contribution in [0.5, 0.6) is 0 Å². The van der Waals surface area contributed by atoms with Gasteiger partial charge in [0.15, 0.2) is 0 Å². The van der Waals surface area contributed by atoms with Crippen LogP contribution in [0.15, 0.2) is 156 Å². The maximum atomic E-state index is 6.75. The summed E-state index contributed by atoms with van der Waals surface area (Å²) in [6.45, 7) is 2.34. The summed E-state index contributed by atoms with van der Waals surface area (Å²) >= 11 is 1.86. The van der Waals surface area contributed by atoms with E-state index in [0.29, 0.717) is 5.92 Å². The molecule has 7 aromatic carbocycles. The van der Waals surface area contributed by atoms with Crippen molar-refractivity contribution in [3.8, 4) is 22.5 Å². The number of aromatic nitrogens is 2. The Hall–Kier alpha value is -6.36. The van der Waals surface area contributed by atoms with Gasteiger partial charge in [0, 0.05) is 59.5 Å². The van der Waals surface area contributed by atoms with E-state index < -0.39 is 0 Å². The van der Waals surface area contributed by atoms with Crippen molar-refractivity contribution in [2.45, 2.75) is 19.3 Å². The van der Waals surface area contributed by atoms with Gasteiger partial charge in [0.25, 0.3) is 0 Å². The molecule has 1 atom stereocenters. The van der Waals surface area contributed by atoms with Crippen molar-refractivity contribution < 1.29 is 4.42 Å². The van der Waals surface area contributed by atoms with Crippen molar-refractivity contribution in [1.82, 2.24) is 9.13 Å². The number of furan rings is 1. The monoisotopic (exact) mass is 696 g/mol. The molecule has 11 aromatic rings. The Labute approximate surface area is 309 Å². The van der Waals surface area contributed by atoms with E-state index in [2.05, 4.69) is 174 Å². The molecule has 12 rings (SSSR count). The lowest BCUT2D eigenvalue weighted by molar-refractivity contribution is 0.673. The van der Waals surface area contributed by atoms with Gasteiger partial charge in [0.1, 0.15) is 11.2 Å². The Morgan fingerprint density at radius 1 is 0.566 bits per heavy atom. The quantitative estimate of drug-likeness (QED) is 0.180. The zero-order valence-electron chi connectivity index (χ0n) is 29.0. The number of nitrogens with zero attached hydrogens (tertiary/aromatic N) is 2. The normalized spacial score (nSPS) is 14.5. The number of rotatable bonds is 3. The van der Waals surface area contributed by atoms with Crippen LogP contribution in [0.1, 0.15) is 30.5 Å². The molecule has 4 aromatic heterocycles. The summed E-state index contributed by atoms with van der Waals surface area (Å²) in [6, 6.07) is 53.1. The predicted molar refractivity (Wildman–Crippen MR) is 225 cm³/mol. The second-order valence-corrected chi connectivity index (χ2v) is 15.5. The van der Waals surface area contributed by atoms with Crippen LogP contribution in [0.4, 0.5) is 0 Å². The maximum absolute atomic E-state index is 6.75. The van der Waals surface area contributed by atoms with Gasteiger partial charge in [-0.05, 0) is 83.6 Å². The van der Waals surface area contributed by atoms with Crippen LogP contribution in [0.3, 0.4) is 0 Å². The molecular formula is C49H32N2OS. The zero-order chi connectivity index (χ0) is 34.8. The Morgan fingerprint density at radius 2 is 1.17 bits per heavy atom. The Balaban J connectivity index is 1.04. The van der Waals surface area contributed by atoms with Crippen LogP contribution in [0, 0.1) is 0 Å². The van der Waals surface area contributed by atoms with Crippen molar-refractivity contribution in [2.75, 3.05) is 0 Å². The molecule has 0 saturated heterocycles. The number of thiophene rings is 1. The summed E-state index contributed by atoms with van der Waals surface area (Å²) in [6.07, 6.45) is 5.72. The number of hydrogen-bond acceptors (Lipinski definition) is 2. The van der Waals surface area contributed by atoms with Crippen molar-refractivity contribution in [1.29, 1.82) is 0 Å². The van der Waals surface area contributed by atoms with E-state index >= 15 is 0 Å². The number of fused-ring (bicyclic) bond motifs is 15. The van der Waals surface area contributed by atoms with Crippen LogP contribution in [-0.4, -0.2) is 9.13 Å². The minimum absolute atomic E-state index is 0.508. The van der Waals surface area contributed by atoms with E-state index in [1.165, 1.54) is 86.3 Å². The van der Waals surface area contributed by atoms with Gasteiger partial charge < -0.3 is 13.6 Å². The van der Waals surface area contributed by atoms with Crippen LogP contribution < -0.4 is 0 Å². The lowest BCUT2D eigenvalue weighted by atomic mass is 9.91. The van der Waals surface area contributed by atoms with Gasteiger partial charge in [-0.2, -0.15) is 0 Å². The standard InChI is InChI=1S/C49H32N2OS/c1-29-11-10-18-40-43(29)34-12-2-6-16-38(34)50(40)32-25-21-30(22-26-32)31-23-27-33(28-24-31)51-39-17-7-3-13-35(39)44-45-36-14-4-8-19-41(36)52-48(45)46-37-15-5-9-20-42(37)53-49(46)47(44)51/h2-10,12-29H,11H2,1H3. The Kier molecular flexibility index (Phi) is 5.98. The summed E-state index contributed by atoms with van der Waals surface area (Å²) < 4.78 is 14.2. The summed E-state index contributed by atoms with van der Waals surface area (Å²) in [5, 5.41) is 8.65. The van der Waals surface area contributed by atoms with Gasteiger partial charge in [-0.15, -0.1) is 11.3 Å². The lowest BCUT2D eigenvalue weighted by Gasteiger charge is -2.17. The molecule has 0 saturated carbocycles. The fourth-order valence-corrected chi connectivity index (χ4v) is 10.5. The van der Waals surface area contributed by atoms with Crippen molar-refractivity contribution in [3.05, 3.63) is 163 Å². The van der Waals surface area contributed by atoms with Crippen LogP contribution in [0.25, 0.3) is 103 Å². The molecule has 0 fully saturated rings. The second-order valence-electron chi connectivity index (χ2n) is 14.5. The van der Waals surface area contributed by atoms with Gasteiger partial charge >= 0.3 is 0 Å². The van der Waals surface area contributed by atoms with E-state index in [-0.39, 0.29) is 0 Å². The average molecular weight is 697 g/mol. The molecule has 0 amide bonds. The highest BCUT2D eigenvalue weighted by atomic mass is 32.1. The Bertz CT molecular complexity index is 3310. The average Bonchev–Trinajstić information content (AvgIpc) is 3.96. The smallest absolute Gasteiger partial charge is 0.145 e. The number of allylic oxidation sites excluding steroid dienone is 1. The molecule has 1 aliphatic rings. The maximum Gasteiger partial charge on any atom is 0.145 e. The van der Waals surface area contributed by atoms with Crippen LogP contribution >= 0.6 is 11.3 Å². The fourth-order valence-electron chi connectivity index (χ4n) is 9.24. The predicted octanol–water partition coefficient (Wildman–Crippen LogP) is 14.2. The van der Waals surface area contributed by atoms with Gasteiger partial charge in [-0.1, -0.05) is 110 Å². The minimum atomic E-state index is 0.508. The SMILES string of the molecule is CC1CC=Cc2c1c1ccccc1n2-c1ccc(-c2ccc(-n3c4ccccc4c4c5c6ccccc6oc5c5c6ccccc6sc5c43)cc2)cc1. The first kappa shape index (κ1) is 29.2.